The van der Waals surface area contributed by atoms with Crippen LogP contribution in [0.15, 0.2) is 36.4 Å². The molecule has 1 aromatic rings. The summed E-state index contributed by atoms with van der Waals surface area (Å²) in [6, 6.07) is 10.5. The zero-order valence-corrected chi connectivity index (χ0v) is 12.7. The van der Waals surface area contributed by atoms with E-state index in [-0.39, 0.29) is 0 Å². The molecular weight excluding hydrogens is 248 g/mol. The van der Waals surface area contributed by atoms with Gasteiger partial charge in [-0.05, 0) is 19.7 Å². The molecule has 3 nitrogen and oxygen atoms in total. The SMILES string of the molecule is CN(C)CC1COCCN(CC=Cc2ccccc2)C1. The van der Waals surface area contributed by atoms with E-state index >= 15 is 0 Å². The van der Waals surface area contributed by atoms with Crippen molar-refractivity contribution in [2.45, 2.75) is 0 Å². The number of benzene rings is 1. The van der Waals surface area contributed by atoms with Gasteiger partial charge in [0, 0.05) is 32.1 Å². The van der Waals surface area contributed by atoms with Crippen LogP contribution >= 0.6 is 0 Å². The molecule has 1 fully saturated rings. The van der Waals surface area contributed by atoms with E-state index in [1.807, 2.05) is 0 Å². The Morgan fingerprint density at radius 2 is 2.10 bits per heavy atom. The largest absolute Gasteiger partial charge is 0.380 e. The van der Waals surface area contributed by atoms with Crippen LogP contribution in [0.25, 0.3) is 6.08 Å². The van der Waals surface area contributed by atoms with Gasteiger partial charge in [0.05, 0.1) is 13.2 Å². The number of ether oxygens (including phenoxy) is 1. The van der Waals surface area contributed by atoms with Gasteiger partial charge in [0.1, 0.15) is 0 Å². The first-order chi connectivity index (χ1) is 9.74. The lowest BCUT2D eigenvalue weighted by Crippen LogP contribution is -2.34. The second-order valence-electron chi connectivity index (χ2n) is 5.78. The topological polar surface area (TPSA) is 15.7 Å². The van der Waals surface area contributed by atoms with E-state index in [1.165, 1.54) is 5.56 Å². The van der Waals surface area contributed by atoms with Gasteiger partial charge in [0.2, 0.25) is 0 Å². The van der Waals surface area contributed by atoms with Gasteiger partial charge in [0.15, 0.2) is 0 Å². The van der Waals surface area contributed by atoms with Gasteiger partial charge in [-0.3, -0.25) is 4.90 Å². The summed E-state index contributed by atoms with van der Waals surface area (Å²) in [6.45, 7) is 5.99. The Balaban J connectivity index is 1.83. The van der Waals surface area contributed by atoms with E-state index in [2.05, 4.69) is 66.4 Å². The molecule has 0 spiro atoms. The van der Waals surface area contributed by atoms with E-state index in [4.69, 9.17) is 4.74 Å². The summed E-state index contributed by atoms with van der Waals surface area (Å²) < 4.78 is 5.71. The van der Waals surface area contributed by atoms with E-state index in [1.54, 1.807) is 0 Å². The molecular formula is C17H26N2O. The number of nitrogens with zero attached hydrogens (tertiary/aromatic N) is 2. The lowest BCUT2D eigenvalue weighted by Gasteiger charge is -2.24. The Hall–Kier alpha value is -1.16. The second-order valence-corrected chi connectivity index (χ2v) is 5.78. The molecule has 1 saturated heterocycles. The maximum absolute atomic E-state index is 5.71. The van der Waals surface area contributed by atoms with Crippen molar-refractivity contribution >= 4 is 6.08 Å². The van der Waals surface area contributed by atoms with Crippen LogP contribution < -0.4 is 0 Å². The van der Waals surface area contributed by atoms with Crippen LogP contribution in [0.5, 0.6) is 0 Å². The molecule has 2 rings (SSSR count). The summed E-state index contributed by atoms with van der Waals surface area (Å²) in [6.07, 6.45) is 4.46. The molecule has 1 atom stereocenters. The Kier molecular flexibility index (Phi) is 6.25. The third kappa shape index (κ3) is 5.45. The number of rotatable bonds is 5. The maximum atomic E-state index is 5.71. The molecule has 0 aliphatic carbocycles. The van der Waals surface area contributed by atoms with Crippen molar-refractivity contribution < 1.29 is 4.74 Å². The summed E-state index contributed by atoms with van der Waals surface area (Å²) in [4.78, 5) is 4.73. The predicted octanol–water partition coefficient (Wildman–Crippen LogP) is 2.21. The van der Waals surface area contributed by atoms with Gasteiger partial charge >= 0.3 is 0 Å². The van der Waals surface area contributed by atoms with Crippen molar-refractivity contribution in [1.82, 2.24) is 9.80 Å². The summed E-state index contributed by atoms with van der Waals surface area (Å²) in [5.41, 5.74) is 1.27. The summed E-state index contributed by atoms with van der Waals surface area (Å²) in [7, 11) is 4.26. The average molecular weight is 274 g/mol. The van der Waals surface area contributed by atoms with Crippen molar-refractivity contribution in [1.29, 1.82) is 0 Å². The minimum absolute atomic E-state index is 0.609. The van der Waals surface area contributed by atoms with Crippen molar-refractivity contribution in [3.63, 3.8) is 0 Å². The molecule has 3 heteroatoms. The van der Waals surface area contributed by atoms with Gasteiger partial charge in [0.25, 0.3) is 0 Å². The molecule has 0 N–H and O–H groups in total. The first-order valence-electron chi connectivity index (χ1n) is 7.40. The smallest absolute Gasteiger partial charge is 0.0593 e. The normalized spacial score (nSPS) is 21.4. The molecule has 1 aromatic carbocycles. The monoisotopic (exact) mass is 274 g/mol. The fraction of sp³-hybridized carbons (Fsp3) is 0.529. The molecule has 1 unspecified atom stereocenters. The minimum Gasteiger partial charge on any atom is -0.380 e. The molecule has 1 heterocycles. The minimum atomic E-state index is 0.609. The van der Waals surface area contributed by atoms with E-state index in [9.17, 15) is 0 Å². The number of hydrogen-bond donors (Lipinski definition) is 0. The van der Waals surface area contributed by atoms with Crippen LogP contribution in [-0.2, 0) is 4.74 Å². The Labute approximate surface area is 122 Å². The third-order valence-electron chi connectivity index (χ3n) is 3.52. The standard InChI is InChI=1S/C17H26N2O/c1-18(2)13-17-14-19(11-12-20-15-17)10-6-9-16-7-4-3-5-8-16/h3-9,17H,10-15H2,1-2H3. The van der Waals surface area contributed by atoms with Crippen LogP contribution in [0.1, 0.15) is 5.56 Å². The van der Waals surface area contributed by atoms with Crippen LogP contribution in [0.3, 0.4) is 0 Å². The molecule has 1 aliphatic heterocycles. The Morgan fingerprint density at radius 3 is 2.85 bits per heavy atom. The zero-order chi connectivity index (χ0) is 14.2. The van der Waals surface area contributed by atoms with Crippen molar-refractivity contribution in [3.05, 3.63) is 42.0 Å². The van der Waals surface area contributed by atoms with Gasteiger partial charge in [-0.25, -0.2) is 0 Å². The quantitative estimate of drug-likeness (QED) is 0.819. The Bertz CT molecular complexity index is 403. The zero-order valence-electron chi connectivity index (χ0n) is 12.7. The van der Waals surface area contributed by atoms with Gasteiger partial charge in [-0.2, -0.15) is 0 Å². The first kappa shape index (κ1) is 15.2. The molecule has 110 valence electrons. The number of hydrogen-bond acceptors (Lipinski definition) is 3. The van der Waals surface area contributed by atoms with Crippen LogP contribution in [0, 0.1) is 5.92 Å². The highest BCUT2D eigenvalue weighted by Gasteiger charge is 2.18. The molecule has 0 aromatic heterocycles. The van der Waals surface area contributed by atoms with Crippen LogP contribution in [0.2, 0.25) is 0 Å². The first-order valence-corrected chi connectivity index (χ1v) is 7.40. The predicted molar refractivity (Wildman–Crippen MR) is 84.8 cm³/mol. The lowest BCUT2D eigenvalue weighted by molar-refractivity contribution is 0.112. The van der Waals surface area contributed by atoms with Crippen molar-refractivity contribution in [2.24, 2.45) is 5.92 Å². The van der Waals surface area contributed by atoms with Gasteiger partial charge in [-0.15, -0.1) is 0 Å². The van der Waals surface area contributed by atoms with Gasteiger partial charge < -0.3 is 9.64 Å². The third-order valence-corrected chi connectivity index (χ3v) is 3.52. The molecule has 0 bridgehead atoms. The fourth-order valence-electron chi connectivity index (χ4n) is 2.65. The van der Waals surface area contributed by atoms with E-state index < -0.39 is 0 Å². The Morgan fingerprint density at radius 1 is 1.30 bits per heavy atom. The highest BCUT2D eigenvalue weighted by molar-refractivity contribution is 5.48. The second kappa shape index (κ2) is 8.20. The highest BCUT2D eigenvalue weighted by Crippen LogP contribution is 2.09. The molecule has 0 radical (unpaired) electrons. The molecule has 0 amide bonds. The molecule has 20 heavy (non-hydrogen) atoms. The summed E-state index contributed by atoms with van der Waals surface area (Å²) in [5, 5.41) is 0. The summed E-state index contributed by atoms with van der Waals surface area (Å²) in [5.74, 6) is 0.609. The van der Waals surface area contributed by atoms with Crippen LogP contribution in [-0.4, -0.2) is 63.3 Å². The summed E-state index contributed by atoms with van der Waals surface area (Å²) >= 11 is 0. The fourth-order valence-corrected chi connectivity index (χ4v) is 2.65. The highest BCUT2D eigenvalue weighted by atomic mass is 16.5. The van der Waals surface area contributed by atoms with Crippen LogP contribution in [0.4, 0.5) is 0 Å². The average Bonchev–Trinajstić information content (AvgIpc) is 2.65. The van der Waals surface area contributed by atoms with Crippen molar-refractivity contribution in [3.8, 4) is 0 Å². The van der Waals surface area contributed by atoms with Crippen molar-refractivity contribution in [2.75, 3.05) is 53.5 Å². The van der Waals surface area contributed by atoms with E-state index in [0.717, 1.165) is 39.4 Å². The van der Waals surface area contributed by atoms with E-state index in [0.29, 0.717) is 5.92 Å². The molecule has 1 aliphatic rings. The maximum Gasteiger partial charge on any atom is 0.0593 e. The molecule has 0 saturated carbocycles. The lowest BCUT2D eigenvalue weighted by atomic mass is 10.1. The van der Waals surface area contributed by atoms with Gasteiger partial charge in [-0.1, -0.05) is 42.5 Å².